The molecule has 3 aromatic heterocycles. The van der Waals surface area contributed by atoms with Crippen LogP contribution in [0.15, 0.2) is 256 Å². The van der Waals surface area contributed by atoms with Gasteiger partial charge in [0.15, 0.2) is 0 Å². The molecule has 0 saturated heterocycles. The second-order valence-corrected chi connectivity index (χ2v) is 26.6. The number of ether oxygens (including phenoxy) is 2. The number of para-hydroxylation sites is 1. The van der Waals surface area contributed by atoms with Gasteiger partial charge in [-0.1, -0.05) is 135 Å². The summed E-state index contributed by atoms with van der Waals surface area (Å²) in [4.78, 5) is 90.1. The predicted molar refractivity (Wildman–Crippen MR) is 420 cm³/mol. The van der Waals surface area contributed by atoms with Crippen molar-refractivity contribution in [1.82, 2.24) is 15.0 Å². The number of aromatic carboxylic acids is 1. The second-order valence-electron chi connectivity index (χ2n) is 26.6. The maximum absolute atomic E-state index is 13.5. The number of aromatic nitrogens is 3. The van der Waals surface area contributed by atoms with Crippen LogP contribution < -0.4 is 21.3 Å². The normalized spacial score (nSPS) is 10.8. The molecule has 536 valence electrons. The lowest BCUT2D eigenvalue weighted by molar-refractivity contribution is 0.00580. The first-order valence-corrected chi connectivity index (χ1v) is 33.7. The van der Waals surface area contributed by atoms with E-state index in [0.717, 1.165) is 83.6 Å². The molecule has 0 atom stereocenters. The maximum atomic E-state index is 13.5. The minimum atomic E-state index is -1.17. The molecule has 18 heteroatoms. The molecule has 0 unspecified atom stereocenters. The lowest BCUT2D eigenvalue weighted by atomic mass is 9.97. The van der Waals surface area contributed by atoms with Gasteiger partial charge in [-0.3, -0.25) is 29.3 Å². The first kappa shape index (κ1) is 76.8. The third kappa shape index (κ3) is 19.4. The molecule has 9 aromatic carbocycles. The summed E-state index contributed by atoms with van der Waals surface area (Å²) in [5, 5.41) is 42.0. The van der Waals surface area contributed by atoms with Crippen LogP contribution in [0.2, 0.25) is 0 Å². The number of carboxylic acids is 1. The van der Waals surface area contributed by atoms with E-state index in [1.54, 1.807) is 132 Å². The monoisotopic (exact) mass is 1410 g/mol. The van der Waals surface area contributed by atoms with Gasteiger partial charge in [-0.15, -0.1) is 0 Å². The average Bonchev–Trinajstić information content (AvgIpc) is 0.808. The summed E-state index contributed by atoms with van der Waals surface area (Å²) in [5.41, 5.74) is 14.5. The fraction of sp³-hybridized carbons (Fsp3) is 0.148. The smallest absolute Gasteiger partial charge is 0.340 e. The van der Waals surface area contributed by atoms with Gasteiger partial charge in [0.05, 0.1) is 44.9 Å². The number of hydrogen-bond donors (Lipinski definition) is 7. The molecule has 0 aliphatic heterocycles. The lowest BCUT2D eigenvalue weighted by Crippen LogP contribution is -2.25. The summed E-state index contributed by atoms with van der Waals surface area (Å²) in [7, 11) is 1.80. The number of carbonyl (C=O) groups excluding carboxylic acids is 5. The standard InChI is InChI=1S/C31H30N2O3.C30H28N2O4.C26H21N3O4.CH4/c1-20-9-6-7-11-25(20)23-14-15-26(30(35)36-31(3,4)5)28(18-23)33-29(34)27-17-22(13-12-21(27)2)24-10-8-16-32-19-24;1-19-8-5-6-10-23(19)21-11-13-24(29(35)36-30(2,3)4)26(17-21)32-28(34)25-16-20(12-14-27(25)33)22-9-7-15-31-18-22;1-27-22-7-3-2-6-19(22)17-8-10-20(26(32)33)23(14-17)29-25(31)21-13-16(9-11-24(21)30)18-5-4-12-28-15-18;/h6-19H,1-5H3,(H,33,34);5-18,33H,1-4H3,(H,32,34);2-15,27,30H,1H3,(H,29,31)(H,32,33);1H4. The SMILES string of the molecule is C.CNc1ccccc1-c1ccc(C(=O)O)c(NC(=O)c2cc(-c3cccnc3)ccc2O)c1.Cc1ccc(-c2cccnc2)cc1C(=O)Nc1cc(-c2ccccc2C)ccc1C(=O)OC(C)(C)C.Cc1ccccc1-c1ccc(C(=O)OC(C)(C)C)c(NC(=O)c2cc(-c3cccnc3)ccc2O)c1. The van der Waals surface area contributed by atoms with Gasteiger partial charge in [0.2, 0.25) is 0 Å². The van der Waals surface area contributed by atoms with Crippen LogP contribution in [0.4, 0.5) is 22.7 Å². The number of phenolic OH excluding ortho intramolecular Hbond substituents is 2. The Morgan fingerprint density at radius 1 is 0.340 bits per heavy atom. The number of anilines is 4. The number of rotatable bonds is 16. The molecule has 0 spiro atoms. The van der Waals surface area contributed by atoms with Crippen LogP contribution in [0.5, 0.6) is 11.5 Å². The minimum absolute atomic E-state index is 0. The Bertz CT molecular complexity index is 4990. The molecule has 12 rings (SSSR count). The van der Waals surface area contributed by atoms with E-state index in [2.05, 4.69) is 36.2 Å². The average molecular weight is 1410 g/mol. The Morgan fingerprint density at radius 2 is 0.679 bits per heavy atom. The van der Waals surface area contributed by atoms with Crippen molar-refractivity contribution in [2.45, 2.75) is 80.9 Å². The molecule has 0 aliphatic carbocycles. The van der Waals surface area contributed by atoms with E-state index in [1.165, 1.54) is 18.2 Å². The molecule has 106 heavy (non-hydrogen) atoms. The number of hydrogen-bond acceptors (Lipinski definition) is 14. The number of amides is 3. The van der Waals surface area contributed by atoms with Gasteiger partial charge >= 0.3 is 17.9 Å². The predicted octanol–water partition coefficient (Wildman–Crippen LogP) is 19.6. The Hall–Kier alpha value is -13.4. The zero-order valence-electron chi connectivity index (χ0n) is 59.7. The van der Waals surface area contributed by atoms with Crippen LogP contribution in [0.1, 0.15) is 128 Å². The molecular formula is C88H83N7O11. The van der Waals surface area contributed by atoms with Crippen molar-refractivity contribution in [2.24, 2.45) is 0 Å². The first-order chi connectivity index (χ1) is 50.2. The van der Waals surface area contributed by atoms with Gasteiger partial charge in [-0.2, -0.15) is 0 Å². The molecule has 3 amide bonds. The third-order valence-electron chi connectivity index (χ3n) is 16.6. The molecule has 0 bridgehead atoms. The molecule has 7 N–H and O–H groups in total. The Morgan fingerprint density at radius 3 is 1.06 bits per heavy atom. The summed E-state index contributed by atoms with van der Waals surface area (Å²) in [6, 6.07) is 65.1. The van der Waals surface area contributed by atoms with Crippen molar-refractivity contribution < 1.29 is 53.6 Å². The highest BCUT2D eigenvalue weighted by Gasteiger charge is 2.26. The molecule has 0 radical (unpaired) electrons. The topological polar surface area (TPSA) is 268 Å². The van der Waals surface area contributed by atoms with Gasteiger partial charge in [0, 0.05) is 77.7 Å². The van der Waals surface area contributed by atoms with Crippen LogP contribution in [-0.2, 0) is 9.47 Å². The molecule has 18 nitrogen and oxygen atoms in total. The Balaban J connectivity index is 0.000000183. The second kappa shape index (κ2) is 34.1. The van der Waals surface area contributed by atoms with Gasteiger partial charge in [0.1, 0.15) is 22.7 Å². The van der Waals surface area contributed by atoms with E-state index in [9.17, 15) is 44.1 Å². The summed E-state index contributed by atoms with van der Waals surface area (Å²) < 4.78 is 11.2. The molecule has 0 fully saturated rings. The fourth-order valence-electron chi connectivity index (χ4n) is 11.4. The zero-order chi connectivity index (χ0) is 75.1. The van der Waals surface area contributed by atoms with E-state index in [-0.39, 0.29) is 52.8 Å². The van der Waals surface area contributed by atoms with Gasteiger partial charge in [-0.05, 0) is 215 Å². The van der Waals surface area contributed by atoms with Crippen molar-refractivity contribution in [2.75, 3.05) is 28.3 Å². The number of aryl methyl sites for hydroxylation is 3. The summed E-state index contributed by atoms with van der Waals surface area (Å²) in [5.74, 6) is -4.08. The largest absolute Gasteiger partial charge is 0.507 e. The van der Waals surface area contributed by atoms with Crippen molar-refractivity contribution in [3.8, 4) is 78.3 Å². The summed E-state index contributed by atoms with van der Waals surface area (Å²) in [6.45, 7) is 16.7. The Labute approximate surface area is 616 Å². The van der Waals surface area contributed by atoms with Gasteiger partial charge in [0.25, 0.3) is 17.7 Å². The van der Waals surface area contributed by atoms with Gasteiger partial charge in [-0.25, -0.2) is 14.4 Å². The maximum Gasteiger partial charge on any atom is 0.340 e. The number of pyridine rings is 3. The van der Waals surface area contributed by atoms with E-state index in [1.807, 2.05) is 175 Å². The molecule has 12 aromatic rings. The van der Waals surface area contributed by atoms with Crippen LogP contribution >= 0.6 is 0 Å². The first-order valence-electron chi connectivity index (χ1n) is 33.7. The molecule has 0 saturated carbocycles. The highest BCUT2D eigenvalue weighted by molar-refractivity contribution is 6.12. The molecule has 3 heterocycles. The molecular weight excluding hydrogens is 1330 g/mol. The van der Waals surface area contributed by atoms with Crippen molar-refractivity contribution >= 4 is 58.4 Å². The number of aromatic hydroxyl groups is 2. The van der Waals surface area contributed by atoms with Crippen molar-refractivity contribution in [3.05, 3.63) is 306 Å². The van der Waals surface area contributed by atoms with Crippen LogP contribution in [0, 0.1) is 20.8 Å². The number of carboxylic acid groups (broad SMARTS) is 1. The highest BCUT2D eigenvalue weighted by Crippen LogP contribution is 2.36. The summed E-state index contributed by atoms with van der Waals surface area (Å²) >= 11 is 0. The number of benzene rings is 9. The number of carbonyl (C=O) groups is 6. The third-order valence-corrected chi connectivity index (χ3v) is 16.6. The molecule has 0 aliphatic rings. The lowest BCUT2D eigenvalue weighted by Gasteiger charge is -2.21. The van der Waals surface area contributed by atoms with E-state index in [0.29, 0.717) is 28.1 Å². The van der Waals surface area contributed by atoms with Crippen LogP contribution in [0.25, 0.3) is 66.8 Å². The minimum Gasteiger partial charge on any atom is -0.507 e. The van der Waals surface area contributed by atoms with E-state index in [4.69, 9.17) is 9.47 Å². The van der Waals surface area contributed by atoms with Crippen molar-refractivity contribution in [3.63, 3.8) is 0 Å². The van der Waals surface area contributed by atoms with Crippen LogP contribution in [-0.4, -0.2) is 84.2 Å². The van der Waals surface area contributed by atoms with E-state index < -0.39 is 40.9 Å². The quantitative estimate of drug-likeness (QED) is 0.0443. The Kier molecular flexibility index (Phi) is 24.7. The number of nitrogens with one attached hydrogen (secondary N) is 4. The zero-order valence-corrected chi connectivity index (χ0v) is 59.7. The van der Waals surface area contributed by atoms with Gasteiger partial charge < -0.3 is 46.1 Å². The van der Waals surface area contributed by atoms with E-state index >= 15 is 0 Å². The number of nitrogens with zero attached hydrogens (tertiary/aromatic N) is 3. The van der Waals surface area contributed by atoms with Crippen LogP contribution in [0.3, 0.4) is 0 Å². The van der Waals surface area contributed by atoms with Crippen molar-refractivity contribution in [1.29, 1.82) is 0 Å². The number of esters is 2. The highest BCUT2D eigenvalue weighted by atomic mass is 16.6. The summed E-state index contributed by atoms with van der Waals surface area (Å²) in [6.07, 6.45) is 10.1. The fourth-order valence-corrected chi connectivity index (χ4v) is 11.4. The number of phenols is 2.